The van der Waals surface area contributed by atoms with Crippen LogP contribution in [0.3, 0.4) is 0 Å². The van der Waals surface area contributed by atoms with E-state index in [1.165, 1.54) is 0 Å². The van der Waals surface area contributed by atoms with E-state index in [1.807, 2.05) is 32.9 Å². The standard InChI is InChI=1S/C21H27ClN2O4S/c1-14-10-15(2)12-18(11-14)24(29(5,26)27)17(4)21(25)23-8-9-28-19-7-6-16(3)20(22)13-19/h6-7,10-13,17H,8-9H2,1-5H3,(H,23,25). The maximum atomic E-state index is 12.6. The maximum Gasteiger partial charge on any atom is 0.243 e. The van der Waals surface area contributed by atoms with Crippen molar-refractivity contribution in [2.24, 2.45) is 0 Å². The minimum atomic E-state index is -3.65. The van der Waals surface area contributed by atoms with Crippen molar-refractivity contribution in [1.29, 1.82) is 0 Å². The van der Waals surface area contributed by atoms with E-state index in [-0.39, 0.29) is 13.2 Å². The molecule has 0 spiro atoms. The number of carbonyl (C=O) groups is 1. The Labute approximate surface area is 177 Å². The van der Waals surface area contributed by atoms with Crippen LogP contribution in [-0.2, 0) is 14.8 Å². The van der Waals surface area contributed by atoms with Gasteiger partial charge in [0.05, 0.1) is 18.5 Å². The van der Waals surface area contributed by atoms with Gasteiger partial charge in [0.15, 0.2) is 0 Å². The monoisotopic (exact) mass is 438 g/mol. The average molecular weight is 439 g/mol. The van der Waals surface area contributed by atoms with E-state index in [0.717, 1.165) is 27.3 Å². The topological polar surface area (TPSA) is 75.7 Å². The van der Waals surface area contributed by atoms with Crippen LogP contribution in [0.4, 0.5) is 5.69 Å². The maximum absolute atomic E-state index is 12.6. The molecule has 8 heteroatoms. The fourth-order valence-corrected chi connectivity index (χ4v) is 4.37. The van der Waals surface area contributed by atoms with Gasteiger partial charge in [-0.15, -0.1) is 0 Å². The second-order valence-corrected chi connectivity index (χ2v) is 9.40. The summed E-state index contributed by atoms with van der Waals surface area (Å²) in [6.45, 7) is 7.71. The summed E-state index contributed by atoms with van der Waals surface area (Å²) in [6.07, 6.45) is 1.10. The molecule has 0 saturated heterocycles. The van der Waals surface area contributed by atoms with Crippen molar-refractivity contribution >= 4 is 33.2 Å². The summed E-state index contributed by atoms with van der Waals surface area (Å²) in [6, 6.07) is 9.92. The highest BCUT2D eigenvalue weighted by Crippen LogP contribution is 2.24. The van der Waals surface area contributed by atoms with Gasteiger partial charge in [-0.25, -0.2) is 8.42 Å². The molecule has 2 rings (SSSR count). The van der Waals surface area contributed by atoms with Crippen molar-refractivity contribution < 1.29 is 17.9 Å². The van der Waals surface area contributed by atoms with E-state index in [1.54, 1.807) is 31.2 Å². The number of rotatable bonds is 8. The Morgan fingerprint density at radius 2 is 1.76 bits per heavy atom. The first-order valence-electron chi connectivity index (χ1n) is 9.23. The zero-order valence-electron chi connectivity index (χ0n) is 17.3. The summed E-state index contributed by atoms with van der Waals surface area (Å²) >= 11 is 6.06. The summed E-state index contributed by atoms with van der Waals surface area (Å²) in [7, 11) is -3.65. The quantitative estimate of drug-likeness (QED) is 0.639. The van der Waals surface area contributed by atoms with Crippen molar-refractivity contribution in [3.63, 3.8) is 0 Å². The molecule has 0 aliphatic heterocycles. The molecule has 1 atom stereocenters. The molecule has 2 aromatic rings. The van der Waals surface area contributed by atoms with Crippen LogP contribution in [0.2, 0.25) is 5.02 Å². The van der Waals surface area contributed by atoms with Crippen LogP contribution in [-0.4, -0.2) is 39.8 Å². The van der Waals surface area contributed by atoms with Crippen LogP contribution in [0, 0.1) is 20.8 Å². The summed E-state index contributed by atoms with van der Waals surface area (Å²) < 4.78 is 31.5. The van der Waals surface area contributed by atoms with E-state index in [2.05, 4.69) is 5.32 Å². The number of benzene rings is 2. The van der Waals surface area contributed by atoms with Crippen LogP contribution in [0.25, 0.3) is 0 Å². The number of nitrogens with one attached hydrogen (secondary N) is 1. The highest BCUT2D eigenvalue weighted by atomic mass is 35.5. The Morgan fingerprint density at radius 1 is 1.14 bits per heavy atom. The molecule has 0 saturated carbocycles. The third-order valence-electron chi connectivity index (χ3n) is 4.36. The number of hydrogen-bond donors (Lipinski definition) is 1. The minimum Gasteiger partial charge on any atom is -0.492 e. The third-order valence-corrected chi connectivity index (χ3v) is 6.01. The molecule has 1 unspecified atom stereocenters. The van der Waals surface area contributed by atoms with Gasteiger partial charge in [-0.1, -0.05) is 23.7 Å². The number of sulfonamides is 1. The number of aryl methyl sites for hydroxylation is 3. The van der Waals surface area contributed by atoms with Crippen molar-refractivity contribution in [3.8, 4) is 5.75 Å². The number of nitrogens with zero attached hydrogens (tertiary/aromatic N) is 1. The van der Waals surface area contributed by atoms with Gasteiger partial charge in [-0.3, -0.25) is 9.10 Å². The molecule has 2 aromatic carbocycles. The van der Waals surface area contributed by atoms with Crippen LogP contribution in [0.1, 0.15) is 23.6 Å². The normalized spacial score (nSPS) is 12.3. The lowest BCUT2D eigenvalue weighted by atomic mass is 10.1. The molecule has 1 N–H and O–H groups in total. The second-order valence-electron chi connectivity index (χ2n) is 7.13. The second kappa shape index (κ2) is 9.50. The van der Waals surface area contributed by atoms with Crippen molar-refractivity contribution in [2.45, 2.75) is 33.7 Å². The number of hydrogen-bond acceptors (Lipinski definition) is 4. The first-order chi connectivity index (χ1) is 13.5. The zero-order valence-corrected chi connectivity index (χ0v) is 18.9. The van der Waals surface area contributed by atoms with Gasteiger partial charge < -0.3 is 10.1 Å². The Hall–Kier alpha value is -2.25. The first-order valence-corrected chi connectivity index (χ1v) is 11.5. The predicted molar refractivity (Wildman–Crippen MR) is 117 cm³/mol. The Morgan fingerprint density at radius 3 is 2.31 bits per heavy atom. The van der Waals surface area contributed by atoms with E-state index in [4.69, 9.17) is 16.3 Å². The van der Waals surface area contributed by atoms with Crippen molar-refractivity contribution in [2.75, 3.05) is 23.7 Å². The van der Waals surface area contributed by atoms with Gasteiger partial charge >= 0.3 is 0 Å². The number of carbonyl (C=O) groups excluding carboxylic acids is 1. The molecular weight excluding hydrogens is 412 g/mol. The van der Waals surface area contributed by atoms with Gasteiger partial charge in [0.25, 0.3) is 0 Å². The molecule has 0 aromatic heterocycles. The van der Waals surface area contributed by atoms with Crippen LogP contribution >= 0.6 is 11.6 Å². The molecular formula is C21H27ClN2O4S. The smallest absolute Gasteiger partial charge is 0.243 e. The molecule has 0 aliphatic carbocycles. The highest BCUT2D eigenvalue weighted by molar-refractivity contribution is 7.92. The molecule has 1 amide bonds. The first kappa shape index (κ1) is 23.0. The van der Waals surface area contributed by atoms with Gasteiger partial charge in [0, 0.05) is 5.02 Å². The van der Waals surface area contributed by atoms with E-state index in [0.29, 0.717) is 16.5 Å². The number of anilines is 1. The summed E-state index contributed by atoms with van der Waals surface area (Å²) in [5.41, 5.74) is 3.27. The van der Waals surface area contributed by atoms with E-state index < -0.39 is 22.0 Å². The lowest BCUT2D eigenvalue weighted by Gasteiger charge is -2.28. The molecule has 158 valence electrons. The SMILES string of the molecule is Cc1cc(C)cc(N(C(C)C(=O)NCCOc2ccc(C)c(Cl)c2)S(C)(=O)=O)c1. The van der Waals surface area contributed by atoms with E-state index >= 15 is 0 Å². The summed E-state index contributed by atoms with van der Waals surface area (Å²) in [4.78, 5) is 12.6. The highest BCUT2D eigenvalue weighted by Gasteiger charge is 2.29. The Kier molecular flexibility index (Phi) is 7.54. The van der Waals surface area contributed by atoms with Gasteiger partial charge in [-0.2, -0.15) is 0 Å². The Bertz CT molecular complexity index is 972. The third kappa shape index (κ3) is 6.37. The lowest BCUT2D eigenvalue weighted by Crippen LogP contribution is -2.48. The summed E-state index contributed by atoms with van der Waals surface area (Å²) in [5, 5.41) is 3.34. The summed E-state index contributed by atoms with van der Waals surface area (Å²) in [5.74, 6) is 0.205. The molecule has 6 nitrogen and oxygen atoms in total. The fourth-order valence-electron chi connectivity index (χ4n) is 3.04. The molecule has 0 radical (unpaired) electrons. The van der Waals surface area contributed by atoms with Crippen LogP contribution in [0.5, 0.6) is 5.75 Å². The van der Waals surface area contributed by atoms with Crippen LogP contribution in [0.15, 0.2) is 36.4 Å². The molecule has 0 heterocycles. The average Bonchev–Trinajstić information content (AvgIpc) is 2.59. The molecule has 0 bridgehead atoms. The van der Waals surface area contributed by atoms with Crippen LogP contribution < -0.4 is 14.4 Å². The number of amides is 1. The minimum absolute atomic E-state index is 0.235. The van der Waals surface area contributed by atoms with Crippen molar-refractivity contribution in [1.82, 2.24) is 5.32 Å². The van der Waals surface area contributed by atoms with E-state index in [9.17, 15) is 13.2 Å². The van der Waals surface area contributed by atoms with Gasteiger partial charge in [0.2, 0.25) is 15.9 Å². The van der Waals surface area contributed by atoms with Crippen molar-refractivity contribution in [3.05, 3.63) is 58.1 Å². The lowest BCUT2D eigenvalue weighted by molar-refractivity contribution is -0.121. The van der Waals surface area contributed by atoms with Gasteiger partial charge in [0.1, 0.15) is 18.4 Å². The molecule has 29 heavy (non-hydrogen) atoms. The molecule has 0 fully saturated rings. The Balaban J connectivity index is 2.02. The number of ether oxygens (including phenoxy) is 1. The largest absolute Gasteiger partial charge is 0.492 e. The van der Waals surface area contributed by atoms with Gasteiger partial charge in [-0.05, 0) is 68.7 Å². The zero-order chi connectivity index (χ0) is 21.8. The fraction of sp³-hybridized carbons (Fsp3) is 0.381. The predicted octanol–water partition coefficient (Wildman–Crippen LogP) is 3.61. The molecule has 0 aliphatic rings. The number of halogens is 1.